The first-order chi connectivity index (χ1) is 9.27. The fourth-order valence-electron chi connectivity index (χ4n) is 1.92. The molecule has 0 bridgehead atoms. The molecule has 0 aliphatic carbocycles. The SMILES string of the molecule is CC1(C)OC(c2ccc(OCCO)c(F)c2)OC1(C)C. The molecule has 20 heavy (non-hydrogen) atoms. The van der Waals surface area contributed by atoms with Gasteiger partial charge in [0.2, 0.25) is 0 Å². The zero-order valence-corrected chi connectivity index (χ0v) is 12.3. The first-order valence-electron chi connectivity index (χ1n) is 6.65. The number of benzene rings is 1. The minimum atomic E-state index is -0.596. The van der Waals surface area contributed by atoms with Crippen molar-refractivity contribution in [2.75, 3.05) is 13.2 Å². The summed E-state index contributed by atoms with van der Waals surface area (Å²) >= 11 is 0. The van der Waals surface area contributed by atoms with Crippen molar-refractivity contribution in [3.63, 3.8) is 0 Å². The van der Waals surface area contributed by atoms with E-state index < -0.39 is 23.3 Å². The number of aliphatic hydroxyl groups excluding tert-OH is 1. The molecule has 1 heterocycles. The van der Waals surface area contributed by atoms with Crippen LogP contribution in [0.2, 0.25) is 0 Å². The molecule has 0 unspecified atom stereocenters. The van der Waals surface area contributed by atoms with Gasteiger partial charge in [-0.3, -0.25) is 0 Å². The van der Waals surface area contributed by atoms with Crippen molar-refractivity contribution >= 4 is 0 Å². The standard InChI is InChI=1S/C15H21FO4/c1-14(2)15(3,4)20-13(19-14)10-5-6-12(11(16)9-10)18-8-7-17/h5-6,9,13,17H,7-8H2,1-4H3. The molecular weight excluding hydrogens is 263 g/mol. The molecule has 1 aliphatic heterocycles. The summed E-state index contributed by atoms with van der Waals surface area (Å²) in [6.07, 6.45) is -0.596. The Kier molecular flexibility index (Phi) is 4.04. The molecule has 0 atom stereocenters. The van der Waals surface area contributed by atoms with Crippen molar-refractivity contribution in [2.45, 2.75) is 45.2 Å². The van der Waals surface area contributed by atoms with E-state index in [0.29, 0.717) is 5.56 Å². The highest BCUT2D eigenvalue weighted by atomic mass is 19.1. The highest BCUT2D eigenvalue weighted by Crippen LogP contribution is 2.45. The molecule has 5 heteroatoms. The Balaban J connectivity index is 2.17. The van der Waals surface area contributed by atoms with Gasteiger partial charge in [0.15, 0.2) is 17.9 Å². The van der Waals surface area contributed by atoms with Crippen molar-refractivity contribution in [2.24, 2.45) is 0 Å². The van der Waals surface area contributed by atoms with Crippen LogP contribution in [0.4, 0.5) is 4.39 Å². The minimum absolute atomic E-state index is 0.0623. The van der Waals surface area contributed by atoms with E-state index in [0.717, 1.165) is 0 Å². The van der Waals surface area contributed by atoms with E-state index in [-0.39, 0.29) is 19.0 Å². The summed E-state index contributed by atoms with van der Waals surface area (Å²) < 4.78 is 30.7. The molecular formula is C15H21FO4. The van der Waals surface area contributed by atoms with Crippen LogP contribution in [0.5, 0.6) is 5.75 Å². The second kappa shape index (κ2) is 5.31. The lowest BCUT2D eigenvalue weighted by Crippen LogP contribution is -2.41. The van der Waals surface area contributed by atoms with Crippen molar-refractivity contribution in [3.05, 3.63) is 29.6 Å². The zero-order valence-electron chi connectivity index (χ0n) is 12.3. The highest BCUT2D eigenvalue weighted by molar-refractivity contribution is 5.30. The van der Waals surface area contributed by atoms with Gasteiger partial charge in [-0.1, -0.05) is 6.07 Å². The minimum Gasteiger partial charge on any atom is -0.488 e. The van der Waals surface area contributed by atoms with Gasteiger partial charge < -0.3 is 19.3 Å². The van der Waals surface area contributed by atoms with E-state index in [2.05, 4.69) is 0 Å². The number of hydrogen-bond acceptors (Lipinski definition) is 4. The normalized spacial score (nSPS) is 21.1. The summed E-state index contributed by atoms with van der Waals surface area (Å²) in [7, 11) is 0. The number of hydrogen-bond donors (Lipinski definition) is 1. The summed E-state index contributed by atoms with van der Waals surface area (Å²) in [5.74, 6) is -0.384. The van der Waals surface area contributed by atoms with Gasteiger partial charge in [0.25, 0.3) is 0 Å². The second-order valence-corrected chi connectivity index (χ2v) is 5.85. The largest absolute Gasteiger partial charge is 0.488 e. The first-order valence-corrected chi connectivity index (χ1v) is 6.65. The lowest BCUT2D eigenvalue weighted by Gasteiger charge is -2.30. The molecule has 0 radical (unpaired) electrons. The summed E-state index contributed by atoms with van der Waals surface area (Å²) in [6, 6.07) is 4.57. The maximum absolute atomic E-state index is 13.9. The van der Waals surface area contributed by atoms with Crippen LogP contribution < -0.4 is 4.74 Å². The van der Waals surface area contributed by atoms with Gasteiger partial charge in [-0.2, -0.15) is 0 Å². The van der Waals surface area contributed by atoms with Crippen LogP contribution in [0.1, 0.15) is 39.5 Å². The van der Waals surface area contributed by atoms with E-state index in [1.54, 1.807) is 6.07 Å². The molecule has 1 fully saturated rings. The molecule has 4 nitrogen and oxygen atoms in total. The summed E-state index contributed by atoms with van der Waals surface area (Å²) in [4.78, 5) is 0. The molecule has 1 aliphatic rings. The van der Waals surface area contributed by atoms with Gasteiger partial charge in [0.05, 0.1) is 17.8 Å². The Morgan fingerprint density at radius 3 is 2.30 bits per heavy atom. The lowest BCUT2D eigenvalue weighted by atomic mass is 9.90. The van der Waals surface area contributed by atoms with Crippen molar-refractivity contribution in [1.29, 1.82) is 0 Å². The van der Waals surface area contributed by atoms with Gasteiger partial charge in [-0.15, -0.1) is 0 Å². The molecule has 2 rings (SSSR count). The predicted molar refractivity (Wildman–Crippen MR) is 72.0 cm³/mol. The number of rotatable bonds is 4. The molecule has 1 aromatic carbocycles. The maximum atomic E-state index is 13.9. The van der Waals surface area contributed by atoms with Crippen LogP contribution in [-0.2, 0) is 9.47 Å². The van der Waals surface area contributed by atoms with Crippen molar-refractivity contribution in [1.82, 2.24) is 0 Å². The maximum Gasteiger partial charge on any atom is 0.185 e. The molecule has 1 N–H and O–H groups in total. The van der Waals surface area contributed by atoms with Gasteiger partial charge in [-0.05, 0) is 39.8 Å². The summed E-state index contributed by atoms with van der Waals surface area (Å²) in [6.45, 7) is 7.69. The Morgan fingerprint density at radius 1 is 1.20 bits per heavy atom. The molecule has 0 amide bonds. The monoisotopic (exact) mass is 284 g/mol. The third-order valence-electron chi connectivity index (χ3n) is 3.83. The summed E-state index contributed by atoms with van der Waals surface area (Å²) in [5.41, 5.74) is -0.307. The fraction of sp³-hybridized carbons (Fsp3) is 0.600. The fourth-order valence-corrected chi connectivity index (χ4v) is 1.92. The van der Waals surface area contributed by atoms with E-state index >= 15 is 0 Å². The first kappa shape index (κ1) is 15.2. The molecule has 0 aromatic heterocycles. The van der Waals surface area contributed by atoms with Crippen molar-refractivity contribution < 1.29 is 23.7 Å². The second-order valence-electron chi connectivity index (χ2n) is 5.85. The molecule has 1 aromatic rings. The molecule has 0 spiro atoms. The van der Waals surface area contributed by atoms with Crippen LogP contribution in [0.3, 0.4) is 0 Å². The average molecular weight is 284 g/mol. The Labute approximate surface area is 118 Å². The van der Waals surface area contributed by atoms with E-state index in [9.17, 15) is 4.39 Å². The smallest absolute Gasteiger partial charge is 0.185 e. The Hall–Kier alpha value is -1.17. The van der Waals surface area contributed by atoms with E-state index in [1.165, 1.54) is 12.1 Å². The van der Waals surface area contributed by atoms with Crippen LogP contribution in [0, 0.1) is 5.82 Å². The molecule has 0 saturated carbocycles. The topological polar surface area (TPSA) is 47.9 Å². The van der Waals surface area contributed by atoms with Crippen LogP contribution in [0.15, 0.2) is 18.2 Å². The molecule has 1 saturated heterocycles. The zero-order chi connectivity index (χ0) is 15.0. The van der Waals surface area contributed by atoms with Crippen LogP contribution in [-0.4, -0.2) is 29.5 Å². The summed E-state index contributed by atoms with van der Waals surface area (Å²) in [5, 5.41) is 8.67. The number of ether oxygens (including phenoxy) is 3. The molecule has 112 valence electrons. The number of halogens is 1. The number of aliphatic hydroxyl groups is 1. The van der Waals surface area contributed by atoms with Crippen LogP contribution >= 0.6 is 0 Å². The Bertz CT molecular complexity index is 469. The van der Waals surface area contributed by atoms with Gasteiger partial charge in [-0.25, -0.2) is 4.39 Å². The predicted octanol–water partition coefficient (Wildman–Crippen LogP) is 2.80. The average Bonchev–Trinajstić information content (AvgIpc) is 2.57. The van der Waals surface area contributed by atoms with Crippen molar-refractivity contribution in [3.8, 4) is 5.75 Å². The quantitative estimate of drug-likeness (QED) is 0.923. The van der Waals surface area contributed by atoms with E-state index in [4.69, 9.17) is 19.3 Å². The van der Waals surface area contributed by atoms with Gasteiger partial charge in [0.1, 0.15) is 6.61 Å². The third kappa shape index (κ3) is 2.80. The van der Waals surface area contributed by atoms with E-state index in [1.807, 2.05) is 27.7 Å². The highest BCUT2D eigenvalue weighted by Gasteiger charge is 2.49. The van der Waals surface area contributed by atoms with Crippen LogP contribution in [0.25, 0.3) is 0 Å². The van der Waals surface area contributed by atoms with Gasteiger partial charge >= 0.3 is 0 Å². The lowest BCUT2D eigenvalue weighted by molar-refractivity contribution is -0.0897. The third-order valence-corrected chi connectivity index (χ3v) is 3.83. The van der Waals surface area contributed by atoms with Gasteiger partial charge in [0, 0.05) is 5.56 Å². The Morgan fingerprint density at radius 2 is 1.80 bits per heavy atom.